The maximum absolute atomic E-state index is 5.87. The first-order chi connectivity index (χ1) is 11.4. The van der Waals surface area contributed by atoms with Gasteiger partial charge in [-0.15, -0.1) is 0 Å². The molecule has 2 heteroatoms. The molecule has 1 aliphatic rings. The van der Waals surface area contributed by atoms with Crippen molar-refractivity contribution in [2.24, 2.45) is 0 Å². The monoisotopic (exact) mass is 301 g/mol. The van der Waals surface area contributed by atoms with E-state index in [1.54, 1.807) is 0 Å². The Labute approximate surface area is 137 Å². The molecule has 4 rings (SSSR count). The second kappa shape index (κ2) is 6.17. The highest BCUT2D eigenvalue weighted by atomic mass is 16.5. The summed E-state index contributed by atoms with van der Waals surface area (Å²) >= 11 is 0. The molecule has 0 fully saturated rings. The van der Waals surface area contributed by atoms with Gasteiger partial charge in [0, 0.05) is 17.8 Å². The average molecular weight is 301 g/mol. The molecule has 0 atom stereocenters. The fraction of sp³-hybridized carbons (Fsp3) is 0.143. The highest BCUT2D eigenvalue weighted by Gasteiger charge is 2.17. The van der Waals surface area contributed by atoms with Gasteiger partial charge in [0.1, 0.15) is 5.75 Å². The number of anilines is 1. The van der Waals surface area contributed by atoms with E-state index < -0.39 is 0 Å². The first-order valence-electron chi connectivity index (χ1n) is 7.97. The molecule has 0 bridgehead atoms. The Morgan fingerprint density at radius 2 is 1.57 bits per heavy atom. The van der Waals surface area contributed by atoms with E-state index in [1.165, 1.54) is 22.4 Å². The van der Waals surface area contributed by atoms with E-state index in [0.29, 0.717) is 6.73 Å². The minimum atomic E-state index is 0.603. The van der Waals surface area contributed by atoms with Crippen molar-refractivity contribution in [1.29, 1.82) is 0 Å². The van der Waals surface area contributed by atoms with Crippen LogP contribution in [0.2, 0.25) is 0 Å². The Kier molecular flexibility index (Phi) is 3.73. The van der Waals surface area contributed by atoms with Gasteiger partial charge in [-0.05, 0) is 35.7 Å². The molecule has 0 N–H and O–H groups in total. The van der Waals surface area contributed by atoms with E-state index in [2.05, 4.69) is 71.6 Å². The third-order valence-electron chi connectivity index (χ3n) is 4.24. The largest absolute Gasteiger partial charge is 0.473 e. The first-order valence-corrected chi connectivity index (χ1v) is 7.97. The van der Waals surface area contributed by atoms with Crippen molar-refractivity contribution in [2.45, 2.75) is 13.0 Å². The maximum atomic E-state index is 5.87. The minimum Gasteiger partial charge on any atom is -0.473 e. The van der Waals surface area contributed by atoms with Crippen LogP contribution in [-0.2, 0) is 13.0 Å². The zero-order valence-electron chi connectivity index (χ0n) is 13.0. The standard InChI is InChI=1S/C21H19NO/c1-2-7-17(8-3-1)13-18-9-6-11-20(14-18)22-15-19-10-4-5-12-21(19)23-16-22/h1-12,14H,13,15-16H2. The normalized spacial score (nSPS) is 13.3. The molecule has 3 aromatic rings. The summed E-state index contributed by atoms with van der Waals surface area (Å²) in [4.78, 5) is 2.27. The molecule has 0 saturated heterocycles. The van der Waals surface area contributed by atoms with E-state index in [-0.39, 0.29) is 0 Å². The minimum absolute atomic E-state index is 0.603. The lowest BCUT2D eigenvalue weighted by molar-refractivity contribution is 0.289. The Balaban J connectivity index is 1.55. The van der Waals surface area contributed by atoms with Crippen molar-refractivity contribution in [1.82, 2.24) is 0 Å². The molecule has 0 saturated carbocycles. The van der Waals surface area contributed by atoms with Crippen molar-refractivity contribution in [3.05, 3.63) is 95.6 Å². The predicted octanol–water partition coefficient (Wildman–Crippen LogP) is 4.63. The summed E-state index contributed by atoms with van der Waals surface area (Å²) < 4.78 is 5.87. The van der Waals surface area contributed by atoms with Gasteiger partial charge in [0.2, 0.25) is 0 Å². The van der Waals surface area contributed by atoms with E-state index in [9.17, 15) is 0 Å². The molecule has 1 heterocycles. The number of hydrogen-bond donors (Lipinski definition) is 0. The van der Waals surface area contributed by atoms with Gasteiger partial charge < -0.3 is 9.64 Å². The first kappa shape index (κ1) is 13.9. The van der Waals surface area contributed by atoms with Crippen LogP contribution in [0.15, 0.2) is 78.9 Å². The number of rotatable bonds is 3. The van der Waals surface area contributed by atoms with E-state index >= 15 is 0 Å². The highest BCUT2D eigenvalue weighted by Crippen LogP contribution is 2.28. The summed E-state index contributed by atoms with van der Waals surface area (Å²) in [6.07, 6.45) is 0.958. The van der Waals surface area contributed by atoms with Gasteiger partial charge in [0.05, 0.1) is 0 Å². The second-order valence-corrected chi connectivity index (χ2v) is 5.91. The third kappa shape index (κ3) is 3.07. The maximum Gasteiger partial charge on any atom is 0.161 e. The van der Waals surface area contributed by atoms with Crippen molar-refractivity contribution in [3.63, 3.8) is 0 Å². The van der Waals surface area contributed by atoms with Crippen molar-refractivity contribution in [2.75, 3.05) is 11.6 Å². The third-order valence-corrected chi connectivity index (χ3v) is 4.24. The molecule has 23 heavy (non-hydrogen) atoms. The summed E-state index contributed by atoms with van der Waals surface area (Å²) in [6.45, 7) is 1.50. The molecule has 0 spiro atoms. The number of para-hydroxylation sites is 1. The van der Waals surface area contributed by atoms with E-state index in [1.807, 2.05) is 12.1 Å². The smallest absolute Gasteiger partial charge is 0.161 e. The Hall–Kier alpha value is -2.74. The van der Waals surface area contributed by atoms with Crippen LogP contribution in [0.25, 0.3) is 0 Å². The zero-order chi connectivity index (χ0) is 15.5. The van der Waals surface area contributed by atoms with Gasteiger partial charge in [-0.25, -0.2) is 0 Å². The lowest BCUT2D eigenvalue weighted by Crippen LogP contribution is -2.31. The molecule has 1 aliphatic heterocycles. The van der Waals surface area contributed by atoms with Gasteiger partial charge in [0.15, 0.2) is 6.73 Å². The van der Waals surface area contributed by atoms with Gasteiger partial charge in [0.25, 0.3) is 0 Å². The van der Waals surface area contributed by atoms with Gasteiger partial charge in [-0.3, -0.25) is 0 Å². The second-order valence-electron chi connectivity index (χ2n) is 5.91. The molecule has 0 unspecified atom stereocenters. The molecule has 0 radical (unpaired) electrons. The Morgan fingerprint density at radius 3 is 2.48 bits per heavy atom. The molecule has 0 aliphatic carbocycles. The molecular weight excluding hydrogens is 282 g/mol. The number of hydrogen-bond acceptors (Lipinski definition) is 2. The van der Waals surface area contributed by atoms with Crippen molar-refractivity contribution >= 4 is 5.69 Å². The highest BCUT2D eigenvalue weighted by molar-refractivity contribution is 5.52. The van der Waals surface area contributed by atoms with Crippen LogP contribution in [0.3, 0.4) is 0 Å². The molecule has 3 aromatic carbocycles. The molecule has 114 valence electrons. The van der Waals surface area contributed by atoms with Crippen molar-refractivity contribution in [3.8, 4) is 5.75 Å². The number of nitrogens with zero attached hydrogens (tertiary/aromatic N) is 1. The van der Waals surface area contributed by atoms with Crippen LogP contribution < -0.4 is 9.64 Å². The van der Waals surface area contributed by atoms with Crippen LogP contribution in [0.4, 0.5) is 5.69 Å². The van der Waals surface area contributed by atoms with Crippen LogP contribution in [0, 0.1) is 0 Å². The fourth-order valence-corrected chi connectivity index (χ4v) is 3.03. The van der Waals surface area contributed by atoms with Crippen LogP contribution in [0.5, 0.6) is 5.75 Å². The van der Waals surface area contributed by atoms with Crippen molar-refractivity contribution < 1.29 is 4.74 Å². The summed E-state index contributed by atoms with van der Waals surface area (Å²) in [7, 11) is 0. The van der Waals surface area contributed by atoms with E-state index in [0.717, 1.165) is 18.7 Å². The topological polar surface area (TPSA) is 12.5 Å². The Morgan fingerprint density at radius 1 is 0.783 bits per heavy atom. The molecule has 2 nitrogen and oxygen atoms in total. The average Bonchev–Trinajstić information content (AvgIpc) is 2.62. The van der Waals surface area contributed by atoms with E-state index in [4.69, 9.17) is 4.74 Å². The number of benzene rings is 3. The SMILES string of the molecule is c1ccc(Cc2cccc(N3COc4ccccc4C3)c2)cc1. The molecule has 0 aromatic heterocycles. The summed E-state index contributed by atoms with van der Waals surface area (Å²) in [5, 5.41) is 0. The number of ether oxygens (including phenoxy) is 1. The zero-order valence-corrected chi connectivity index (χ0v) is 13.0. The van der Waals surface area contributed by atoms with Crippen LogP contribution >= 0.6 is 0 Å². The van der Waals surface area contributed by atoms with Crippen LogP contribution in [-0.4, -0.2) is 6.73 Å². The summed E-state index contributed by atoms with van der Waals surface area (Å²) in [5.74, 6) is 1.00. The van der Waals surface area contributed by atoms with Gasteiger partial charge in [-0.2, -0.15) is 0 Å². The van der Waals surface area contributed by atoms with Gasteiger partial charge in [-0.1, -0.05) is 60.7 Å². The summed E-state index contributed by atoms with van der Waals surface area (Å²) in [5.41, 5.74) is 5.12. The molecule has 0 amide bonds. The fourth-order valence-electron chi connectivity index (χ4n) is 3.03. The van der Waals surface area contributed by atoms with Crippen LogP contribution in [0.1, 0.15) is 16.7 Å². The lowest BCUT2D eigenvalue weighted by atomic mass is 10.0. The lowest BCUT2D eigenvalue weighted by Gasteiger charge is -2.31. The Bertz CT molecular complexity index is 798. The summed E-state index contributed by atoms with van der Waals surface area (Å²) in [6, 6.07) is 27.6. The molecular formula is C21H19NO. The quantitative estimate of drug-likeness (QED) is 0.699. The number of fused-ring (bicyclic) bond motifs is 1. The van der Waals surface area contributed by atoms with Gasteiger partial charge >= 0.3 is 0 Å². The predicted molar refractivity (Wildman–Crippen MR) is 93.8 cm³/mol.